The van der Waals surface area contributed by atoms with Crippen molar-refractivity contribution in [2.75, 3.05) is 63.2 Å². The van der Waals surface area contributed by atoms with Gasteiger partial charge in [-0.1, -0.05) is 18.2 Å². The Labute approximate surface area is 353 Å². The number of aromatic nitrogens is 5. The number of Topliss-reactive ketones (excluding diaryl/α,β-unsaturated/α-hetero) is 1. The van der Waals surface area contributed by atoms with Crippen LogP contribution < -0.4 is 30.9 Å². The van der Waals surface area contributed by atoms with Gasteiger partial charge in [0.15, 0.2) is 11.3 Å². The van der Waals surface area contributed by atoms with E-state index in [1.807, 2.05) is 18.4 Å². The van der Waals surface area contributed by atoms with Gasteiger partial charge in [0.25, 0.3) is 29.9 Å². The summed E-state index contributed by atoms with van der Waals surface area (Å²) >= 11 is 0. The molecule has 0 atom stereocenters. The molecule has 0 unspecified atom stereocenters. The number of nitrogens with one attached hydrogen (secondary N) is 4. The highest BCUT2D eigenvalue weighted by molar-refractivity contribution is 6.49. The minimum Gasteiger partial charge on any atom is -0.456 e. The first-order chi connectivity index (χ1) is 30.0. The maximum Gasteiger partial charge on any atom is 0.315 e. The SMILES string of the molecule is CN(CCNC(=O)NCc1cccc(Oc2cccc3c2C(=O)NC(=O)C3=O)c1)CC1CCC(n2cc(NC(=O)c3cnn4ccc(N5CCOCC5)nc34)c(C(F)F)n2)CC1. The molecule has 5 heterocycles. The molecule has 3 aromatic heterocycles. The van der Waals surface area contributed by atoms with Gasteiger partial charge >= 0.3 is 6.03 Å². The van der Waals surface area contributed by atoms with E-state index < -0.39 is 35.6 Å². The number of anilines is 2. The molecule has 324 valence electrons. The van der Waals surface area contributed by atoms with Gasteiger partial charge in [0.2, 0.25) is 0 Å². The van der Waals surface area contributed by atoms with Crippen LogP contribution in [0, 0.1) is 5.92 Å². The lowest BCUT2D eigenvalue weighted by Gasteiger charge is -2.31. The molecule has 5 aromatic rings. The summed E-state index contributed by atoms with van der Waals surface area (Å²) in [6.07, 6.45) is 4.85. The first kappa shape index (κ1) is 41.9. The Morgan fingerprint density at radius 1 is 1.02 bits per heavy atom. The number of likely N-dealkylation sites (N-methyl/N-ethyl adjacent to an activating group) is 1. The van der Waals surface area contributed by atoms with Gasteiger partial charge in [-0.2, -0.15) is 10.2 Å². The fraction of sp³-hybridized carbons (Fsp3) is 0.381. The maximum atomic E-state index is 14.2. The number of nitrogens with zero attached hydrogens (tertiary/aromatic N) is 7. The maximum absolute atomic E-state index is 14.2. The number of imide groups is 1. The number of hydrogen-bond donors (Lipinski definition) is 4. The quantitative estimate of drug-likeness (QED) is 0.0909. The fourth-order valence-corrected chi connectivity index (χ4v) is 7.99. The Morgan fingerprint density at radius 2 is 1.81 bits per heavy atom. The van der Waals surface area contributed by atoms with Gasteiger partial charge < -0.3 is 35.2 Å². The molecule has 1 saturated carbocycles. The summed E-state index contributed by atoms with van der Waals surface area (Å²) in [6.45, 7) is 4.46. The lowest BCUT2D eigenvalue weighted by Crippen LogP contribution is -2.42. The fourth-order valence-electron chi connectivity index (χ4n) is 7.99. The van der Waals surface area contributed by atoms with E-state index in [-0.39, 0.29) is 46.7 Å². The highest BCUT2D eigenvalue weighted by Gasteiger charge is 2.33. The van der Waals surface area contributed by atoms with Crippen molar-refractivity contribution in [3.05, 3.63) is 95.1 Å². The second-order valence-electron chi connectivity index (χ2n) is 15.5. The molecule has 0 bridgehead atoms. The number of ether oxygens (including phenoxy) is 2. The van der Waals surface area contributed by atoms with E-state index in [0.717, 1.165) is 37.8 Å². The number of amides is 5. The number of urea groups is 1. The number of hydrogen-bond acceptors (Lipinski definition) is 12. The summed E-state index contributed by atoms with van der Waals surface area (Å²) in [5.74, 6) is -1.59. The zero-order chi connectivity index (χ0) is 43.3. The summed E-state index contributed by atoms with van der Waals surface area (Å²) in [4.78, 5) is 71.4. The van der Waals surface area contributed by atoms with Crippen molar-refractivity contribution < 1.29 is 42.2 Å². The molecule has 2 aliphatic heterocycles. The van der Waals surface area contributed by atoms with Gasteiger partial charge in [-0.25, -0.2) is 23.1 Å². The van der Waals surface area contributed by atoms with Crippen molar-refractivity contribution in [1.82, 2.24) is 45.2 Å². The monoisotopic (exact) mass is 853 g/mol. The van der Waals surface area contributed by atoms with Crippen molar-refractivity contribution in [3.63, 3.8) is 0 Å². The van der Waals surface area contributed by atoms with Gasteiger partial charge in [-0.15, -0.1) is 0 Å². The van der Waals surface area contributed by atoms with Gasteiger partial charge in [-0.05, 0) is 74.5 Å². The van der Waals surface area contributed by atoms with Crippen LogP contribution in [0.25, 0.3) is 5.65 Å². The predicted molar refractivity (Wildman–Crippen MR) is 220 cm³/mol. The second kappa shape index (κ2) is 18.4. The smallest absolute Gasteiger partial charge is 0.315 e. The highest BCUT2D eigenvalue weighted by atomic mass is 19.3. The van der Waals surface area contributed by atoms with E-state index in [9.17, 15) is 32.8 Å². The second-order valence-corrected chi connectivity index (χ2v) is 15.5. The molecule has 0 spiro atoms. The average Bonchev–Trinajstić information content (AvgIpc) is 3.90. The normalized spacial score (nSPS) is 17.9. The molecule has 1 saturated heterocycles. The van der Waals surface area contributed by atoms with Crippen LogP contribution in [-0.4, -0.2) is 112 Å². The van der Waals surface area contributed by atoms with Gasteiger partial charge in [-0.3, -0.25) is 29.2 Å². The molecule has 62 heavy (non-hydrogen) atoms. The third-order valence-electron chi connectivity index (χ3n) is 11.2. The summed E-state index contributed by atoms with van der Waals surface area (Å²) in [5, 5.41) is 18.8. The predicted octanol–water partition coefficient (Wildman–Crippen LogP) is 4.36. The van der Waals surface area contributed by atoms with E-state index in [4.69, 9.17) is 9.47 Å². The Kier molecular flexibility index (Phi) is 12.5. The largest absolute Gasteiger partial charge is 0.456 e. The molecule has 1 aliphatic carbocycles. The molecule has 2 fully saturated rings. The number of rotatable bonds is 14. The van der Waals surface area contributed by atoms with Crippen molar-refractivity contribution in [3.8, 4) is 11.5 Å². The number of carbonyl (C=O) groups excluding carboxylic acids is 5. The number of benzene rings is 2. The Bertz CT molecular complexity index is 2500. The zero-order valence-corrected chi connectivity index (χ0v) is 33.8. The highest BCUT2D eigenvalue weighted by Crippen LogP contribution is 2.36. The molecular weight excluding hydrogens is 809 g/mol. The lowest BCUT2D eigenvalue weighted by molar-refractivity contribution is -0.116. The Balaban J connectivity index is 0.775. The number of halogens is 2. The summed E-state index contributed by atoms with van der Waals surface area (Å²) in [7, 11) is 1.98. The molecule has 18 nitrogen and oxygen atoms in total. The summed E-state index contributed by atoms with van der Waals surface area (Å²) in [6, 6.07) is 12.7. The molecule has 8 rings (SSSR count). The van der Waals surface area contributed by atoms with Gasteiger partial charge in [0.05, 0.1) is 36.7 Å². The number of alkyl halides is 2. The average molecular weight is 854 g/mol. The van der Waals surface area contributed by atoms with Crippen LogP contribution in [-0.2, 0) is 16.1 Å². The van der Waals surface area contributed by atoms with Gasteiger partial charge in [0.1, 0.15) is 22.9 Å². The van der Waals surface area contributed by atoms with Crippen LogP contribution in [0.3, 0.4) is 0 Å². The molecule has 20 heteroatoms. The van der Waals surface area contributed by atoms with Crippen LogP contribution in [0.5, 0.6) is 11.5 Å². The third-order valence-corrected chi connectivity index (χ3v) is 11.2. The van der Waals surface area contributed by atoms with Crippen molar-refractivity contribution >= 4 is 46.7 Å². The number of morpholine rings is 1. The van der Waals surface area contributed by atoms with Crippen molar-refractivity contribution in [2.24, 2.45) is 5.92 Å². The molecule has 0 radical (unpaired) electrons. The van der Waals surface area contributed by atoms with E-state index in [2.05, 4.69) is 40.9 Å². The lowest BCUT2D eigenvalue weighted by atomic mass is 9.86. The van der Waals surface area contributed by atoms with E-state index in [1.54, 1.807) is 35.1 Å². The number of fused-ring (bicyclic) bond motifs is 2. The van der Waals surface area contributed by atoms with Crippen LogP contribution in [0.1, 0.15) is 80.5 Å². The van der Waals surface area contributed by atoms with E-state index in [0.29, 0.717) is 62.5 Å². The van der Waals surface area contributed by atoms with Crippen molar-refractivity contribution in [1.29, 1.82) is 0 Å². The molecule has 4 N–H and O–H groups in total. The third kappa shape index (κ3) is 9.40. The minimum absolute atomic E-state index is 0.0199. The minimum atomic E-state index is -2.89. The van der Waals surface area contributed by atoms with Crippen LogP contribution in [0.4, 0.5) is 25.1 Å². The van der Waals surface area contributed by atoms with Crippen LogP contribution >= 0.6 is 0 Å². The number of ketones is 1. The summed E-state index contributed by atoms with van der Waals surface area (Å²) < 4.78 is 42.8. The van der Waals surface area contributed by atoms with Crippen LogP contribution in [0.2, 0.25) is 0 Å². The van der Waals surface area contributed by atoms with E-state index in [1.165, 1.54) is 35.1 Å². The van der Waals surface area contributed by atoms with E-state index >= 15 is 0 Å². The number of carbonyl (C=O) groups is 5. The van der Waals surface area contributed by atoms with Crippen LogP contribution in [0.15, 0.2) is 67.1 Å². The first-order valence-corrected chi connectivity index (χ1v) is 20.4. The standard InChI is InChI=1S/C42H45F2N11O7/c1-52(15-13-45-42(60)46-21-26-4-2-5-28(20-26)62-32-7-3-6-29-34(32)40(58)50-41(59)36(29)56)23-25-8-10-27(11-9-25)55-24-31(35(51-55)37(43)44)48-39(57)30-22-47-54-14-12-33(49-38(30)54)53-16-18-61-19-17-53/h2-7,12,14,20,22,24-25,27,37H,8-11,13,15-19,21,23H2,1H3,(H,48,57)(H2,45,46,60)(H,50,58,59). The first-order valence-electron chi connectivity index (χ1n) is 20.4. The summed E-state index contributed by atoms with van der Waals surface area (Å²) in [5.41, 5.74) is 0.614. The Hall–Kier alpha value is -6.80. The van der Waals surface area contributed by atoms with Crippen molar-refractivity contribution in [2.45, 2.75) is 44.7 Å². The molecular formula is C42H45F2N11O7. The molecule has 3 aliphatic rings. The topological polar surface area (TPSA) is 206 Å². The Morgan fingerprint density at radius 3 is 2.60 bits per heavy atom. The zero-order valence-electron chi connectivity index (χ0n) is 33.8. The van der Waals surface area contributed by atoms with Gasteiger partial charge in [0, 0.05) is 57.2 Å². The molecule has 2 aromatic carbocycles. The molecule has 5 amide bonds.